The maximum Gasteiger partial charge on any atom is 0.203 e. The summed E-state index contributed by atoms with van der Waals surface area (Å²) in [5.74, 6) is 0.808. The van der Waals surface area contributed by atoms with E-state index in [-0.39, 0.29) is 12.0 Å². The molecule has 0 saturated carbocycles. The Kier molecular flexibility index (Phi) is 5.13. The van der Waals surface area contributed by atoms with Gasteiger partial charge in [0, 0.05) is 5.56 Å². The molecule has 0 aliphatic rings. The average Bonchev–Trinajstić information content (AvgIpc) is 2.54. The Bertz CT molecular complexity index is 727. The van der Waals surface area contributed by atoms with Crippen LogP contribution in [0.15, 0.2) is 53.7 Å². The topological polar surface area (TPSA) is 62.4 Å². The molecule has 2 rings (SSSR count). The quantitative estimate of drug-likeness (QED) is 0.738. The highest BCUT2D eigenvalue weighted by Gasteiger charge is 2.19. The molecule has 23 heavy (non-hydrogen) atoms. The molecule has 4 nitrogen and oxygen atoms in total. The largest absolute Gasteiger partial charge is 0.489 e. The maximum atomic E-state index is 10.8. The van der Waals surface area contributed by atoms with Crippen molar-refractivity contribution in [1.29, 1.82) is 5.26 Å². The van der Waals surface area contributed by atoms with Crippen molar-refractivity contribution in [2.24, 2.45) is 5.18 Å². The van der Waals surface area contributed by atoms with Crippen LogP contribution in [0.25, 0.3) is 0 Å². The van der Waals surface area contributed by atoms with Gasteiger partial charge in [0.15, 0.2) is 0 Å². The first-order valence-corrected chi connectivity index (χ1v) is 7.49. The predicted molar refractivity (Wildman–Crippen MR) is 90.1 cm³/mol. The van der Waals surface area contributed by atoms with Crippen molar-refractivity contribution in [3.8, 4) is 11.8 Å². The van der Waals surface area contributed by atoms with Crippen LogP contribution in [-0.4, -0.2) is 0 Å². The summed E-state index contributed by atoms with van der Waals surface area (Å²) in [6.45, 7) is 6.68. The third-order valence-corrected chi connectivity index (χ3v) is 3.66. The van der Waals surface area contributed by atoms with E-state index in [1.807, 2.05) is 42.5 Å². The Morgan fingerprint density at radius 2 is 1.78 bits per heavy atom. The van der Waals surface area contributed by atoms with Crippen molar-refractivity contribution in [3.05, 3.63) is 70.1 Å². The van der Waals surface area contributed by atoms with Gasteiger partial charge in [0.25, 0.3) is 0 Å². The first-order valence-electron chi connectivity index (χ1n) is 7.49. The van der Waals surface area contributed by atoms with E-state index in [0.29, 0.717) is 5.56 Å². The van der Waals surface area contributed by atoms with Gasteiger partial charge in [-0.3, -0.25) is 0 Å². The van der Waals surface area contributed by atoms with Gasteiger partial charge in [-0.15, -0.1) is 4.91 Å². The lowest BCUT2D eigenvalue weighted by molar-refractivity contribution is 0.296. The van der Waals surface area contributed by atoms with Crippen LogP contribution in [0.1, 0.15) is 43.5 Å². The normalized spacial score (nSPS) is 12.3. The second kappa shape index (κ2) is 7.06. The minimum absolute atomic E-state index is 0.0321. The van der Waals surface area contributed by atoms with Crippen LogP contribution in [0.4, 0.5) is 0 Å². The van der Waals surface area contributed by atoms with Crippen LogP contribution in [-0.2, 0) is 12.0 Å². The molecule has 0 aliphatic heterocycles. The number of nitriles is 1. The minimum Gasteiger partial charge on any atom is -0.489 e. The molecule has 118 valence electrons. The standard InChI is InChI=1S/C19H20N2O2/c1-19(2,3)16-10-6-7-11-18(16)23-13-14-8-4-5-9-15(14)17(12-20)21-22/h4-11,17H,13H2,1-3H3. The molecule has 0 aliphatic carbocycles. The molecule has 0 saturated heterocycles. The van der Waals surface area contributed by atoms with Crippen LogP contribution in [0.3, 0.4) is 0 Å². The number of hydrogen-bond acceptors (Lipinski definition) is 4. The van der Waals surface area contributed by atoms with Crippen molar-refractivity contribution in [3.63, 3.8) is 0 Å². The number of nitroso groups, excluding NO2 is 1. The lowest BCUT2D eigenvalue weighted by Crippen LogP contribution is -2.13. The lowest BCUT2D eigenvalue weighted by atomic mass is 9.86. The number of benzene rings is 2. The van der Waals surface area contributed by atoms with E-state index in [2.05, 4.69) is 25.9 Å². The molecule has 0 spiro atoms. The Labute approximate surface area is 136 Å². The molecule has 1 unspecified atom stereocenters. The highest BCUT2D eigenvalue weighted by atomic mass is 16.5. The average molecular weight is 308 g/mol. The fraction of sp³-hybridized carbons (Fsp3) is 0.316. The van der Waals surface area contributed by atoms with Gasteiger partial charge >= 0.3 is 0 Å². The smallest absolute Gasteiger partial charge is 0.203 e. The van der Waals surface area contributed by atoms with E-state index in [1.54, 1.807) is 12.1 Å². The summed E-state index contributed by atoms with van der Waals surface area (Å²) in [6.07, 6.45) is 0. The lowest BCUT2D eigenvalue weighted by Gasteiger charge is -2.23. The second-order valence-electron chi connectivity index (χ2n) is 6.37. The third-order valence-electron chi connectivity index (χ3n) is 3.66. The molecule has 0 aromatic heterocycles. The van der Waals surface area contributed by atoms with Crippen molar-refractivity contribution >= 4 is 0 Å². The van der Waals surface area contributed by atoms with Crippen LogP contribution < -0.4 is 4.74 Å². The summed E-state index contributed by atoms with van der Waals surface area (Å²) in [7, 11) is 0. The summed E-state index contributed by atoms with van der Waals surface area (Å²) < 4.78 is 5.98. The molecule has 0 fully saturated rings. The van der Waals surface area contributed by atoms with Crippen molar-refractivity contribution < 1.29 is 4.74 Å². The molecule has 0 amide bonds. The molecule has 0 radical (unpaired) electrons. The SMILES string of the molecule is CC(C)(C)c1ccccc1OCc1ccccc1C(C#N)N=O. The van der Waals surface area contributed by atoms with Crippen molar-refractivity contribution in [2.75, 3.05) is 0 Å². The van der Waals surface area contributed by atoms with Gasteiger partial charge in [0.1, 0.15) is 12.4 Å². The number of ether oxygens (including phenoxy) is 1. The van der Waals surface area contributed by atoms with Gasteiger partial charge in [-0.1, -0.05) is 63.2 Å². The van der Waals surface area contributed by atoms with Gasteiger partial charge in [-0.05, 0) is 27.8 Å². The second-order valence-corrected chi connectivity index (χ2v) is 6.37. The molecule has 0 bridgehead atoms. The molecule has 0 heterocycles. The molecule has 2 aromatic rings. The fourth-order valence-corrected chi connectivity index (χ4v) is 2.45. The van der Waals surface area contributed by atoms with Crippen LogP contribution >= 0.6 is 0 Å². The Balaban J connectivity index is 2.27. The van der Waals surface area contributed by atoms with E-state index in [4.69, 9.17) is 10.00 Å². The highest BCUT2D eigenvalue weighted by Crippen LogP contribution is 2.32. The molecule has 0 N–H and O–H groups in total. The van der Waals surface area contributed by atoms with E-state index in [0.717, 1.165) is 16.9 Å². The molecule has 4 heteroatoms. The van der Waals surface area contributed by atoms with Crippen LogP contribution in [0, 0.1) is 16.2 Å². The first-order chi connectivity index (χ1) is 11.0. The van der Waals surface area contributed by atoms with E-state index in [9.17, 15) is 4.91 Å². The van der Waals surface area contributed by atoms with Gasteiger partial charge < -0.3 is 4.74 Å². The number of para-hydroxylation sites is 1. The maximum absolute atomic E-state index is 10.8. The first kappa shape index (κ1) is 16.7. The fourth-order valence-electron chi connectivity index (χ4n) is 2.45. The molecular weight excluding hydrogens is 288 g/mol. The highest BCUT2D eigenvalue weighted by molar-refractivity contribution is 5.39. The monoisotopic (exact) mass is 308 g/mol. The number of rotatable bonds is 5. The zero-order valence-electron chi connectivity index (χ0n) is 13.6. The zero-order valence-corrected chi connectivity index (χ0v) is 13.6. The van der Waals surface area contributed by atoms with Crippen LogP contribution in [0.5, 0.6) is 5.75 Å². The number of hydrogen-bond donors (Lipinski definition) is 0. The summed E-state index contributed by atoms with van der Waals surface area (Å²) in [6, 6.07) is 16.0. The van der Waals surface area contributed by atoms with Gasteiger partial charge in [-0.2, -0.15) is 5.26 Å². The van der Waals surface area contributed by atoms with E-state index >= 15 is 0 Å². The zero-order chi connectivity index (χ0) is 16.9. The predicted octanol–water partition coefficient (Wildman–Crippen LogP) is 4.89. The Morgan fingerprint density at radius 1 is 1.13 bits per heavy atom. The van der Waals surface area contributed by atoms with Gasteiger partial charge in [0.2, 0.25) is 6.04 Å². The minimum atomic E-state index is -1.01. The van der Waals surface area contributed by atoms with Gasteiger partial charge in [0.05, 0.1) is 6.07 Å². The Hall–Kier alpha value is -2.67. The van der Waals surface area contributed by atoms with Crippen LogP contribution in [0.2, 0.25) is 0 Å². The molecule has 1 atom stereocenters. The molecular formula is C19H20N2O2. The Morgan fingerprint density at radius 3 is 2.43 bits per heavy atom. The third kappa shape index (κ3) is 3.95. The van der Waals surface area contributed by atoms with E-state index < -0.39 is 6.04 Å². The summed E-state index contributed by atoms with van der Waals surface area (Å²) >= 11 is 0. The van der Waals surface area contributed by atoms with Crippen molar-refractivity contribution in [1.82, 2.24) is 0 Å². The summed E-state index contributed by atoms with van der Waals surface area (Å²) in [5, 5.41) is 11.9. The van der Waals surface area contributed by atoms with Gasteiger partial charge in [-0.25, -0.2) is 0 Å². The summed E-state index contributed by atoms with van der Waals surface area (Å²) in [4.78, 5) is 10.8. The van der Waals surface area contributed by atoms with E-state index in [1.165, 1.54) is 0 Å². The number of nitrogens with zero attached hydrogens (tertiary/aromatic N) is 2. The van der Waals surface area contributed by atoms with Crippen molar-refractivity contribution in [2.45, 2.75) is 38.8 Å². The summed E-state index contributed by atoms with van der Waals surface area (Å²) in [5.41, 5.74) is 2.47. The molecule has 2 aromatic carbocycles.